The molecule has 1 aromatic rings. The number of carbonyl (C=O) groups is 4. The fraction of sp³-hybridized carbons (Fsp3) is 0. The van der Waals surface area contributed by atoms with E-state index in [1.165, 1.54) is 24.3 Å². The monoisotopic (exact) mass is 266 g/mol. The molecule has 0 amide bonds. The number of allylic oxidation sites excluding steroid dienone is 6. The number of ketones is 4. The van der Waals surface area contributed by atoms with E-state index in [1.807, 2.05) is 0 Å². The Morgan fingerprint density at radius 2 is 0.900 bits per heavy atom. The minimum absolute atomic E-state index is 0.0924. The van der Waals surface area contributed by atoms with E-state index in [0.29, 0.717) is 11.1 Å². The van der Waals surface area contributed by atoms with Crippen molar-refractivity contribution in [2.75, 3.05) is 0 Å². The molecule has 0 bridgehead atoms. The zero-order valence-corrected chi connectivity index (χ0v) is 10.4. The standard InChI is InChI=1S/C10H6O2.C6H4O2/c11-9-5-6-10(12)8-4-2-1-3-7(8)9;7-5-3-1-2-4-6(5)8/h1-6H;1-4H. The van der Waals surface area contributed by atoms with Crippen molar-refractivity contribution in [3.05, 3.63) is 71.8 Å². The van der Waals surface area contributed by atoms with Gasteiger partial charge in [-0.15, -0.1) is 0 Å². The predicted molar refractivity (Wildman–Crippen MR) is 72.5 cm³/mol. The first kappa shape index (κ1) is 13.5. The van der Waals surface area contributed by atoms with Gasteiger partial charge in [0.05, 0.1) is 0 Å². The second-order valence-electron chi connectivity index (χ2n) is 4.05. The van der Waals surface area contributed by atoms with Gasteiger partial charge in [0.25, 0.3) is 0 Å². The molecular formula is C16H10O4. The molecule has 1 aromatic carbocycles. The lowest BCUT2D eigenvalue weighted by Gasteiger charge is -2.06. The van der Waals surface area contributed by atoms with Crippen molar-refractivity contribution in [1.82, 2.24) is 0 Å². The molecule has 4 nitrogen and oxygen atoms in total. The zero-order valence-electron chi connectivity index (χ0n) is 10.4. The third-order valence-electron chi connectivity index (χ3n) is 2.69. The summed E-state index contributed by atoms with van der Waals surface area (Å²) in [5, 5.41) is 0. The van der Waals surface area contributed by atoms with Gasteiger partial charge in [-0.1, -0.05) is 36.4 Å². The van der Waals surface area contributed by atoms with E-state index in [-0.39, 0.29) is 11.6 Å². The lowest BCUT2D eigenvalue weighted by molar-refractivity contribution is -0.131. The molecule has 2 aliphatic carbocycles. The maximum absolute atomic E-state index is 11.2. The summed E-state index contributed by atoms with van der Waals surface area (Å²) in [6, 6.07) is 6.84. The summed E-state index contributed by atoms with van der Waals surface area (Å²) >= 11 is 0. The van der Waals surface area contributed by atoms with Gasteiger partial charge < -0.3 is 0 Å². The van der Waals surface area contributed by atoms with Gasteiger partial charge in [0.15, 0.2) is 11.6 Å². The second-order valence-corrected chi connectivity index (χ2v) is 4.05. The topological polar surface area (TPSA) is 68.3 Å². The average Bonchev–Trinajstić information content (AvgIpc) is 2.47. The van der Waals surface area contributed by atoms with E-state index in [4.69, 9.17) is 0 Å². The summed E-state index contributed by atoms with van der Waals surface area (Å²) < 4.78 is 0. The Bertz CT molecular complexity index is 631. The van der Waals surface area contributed by atoms with Crippen LogP contribution in [0.2, 0.25) is 0 Å². The van der Waals surface area contributed by atoms with E-state index >= 15 is 0 Å². The quantitative estimate of drug-likeness (QED) is 0.531. The molecule has 98 valence electrons. The molecule has 0 spiro atoms. The molecule has 0 aromatic heterocycles. The normalized spacial score (nSPS) is 15.8. The molecule has 0 heterocycles. The highest BCUT2D eigenvalue weighted by molar-refractivity contribution is 6.46. The Kier molecular flexibility index (Phi) is 3.96. The van der Waals surface area contributed by atoms with Crippen LogP contribution in [0.25, 0.3) is 0 Å². The maximum Gasteiger partial charge on any atom is 0.225 e. The smallest absolute Gasteiger partial charge is 0.225 e. The number of hydrogen-bond acceptors (Lipinski definition) is 4. The highest BCUT2D eigenvalue weighted by Gasteiger charge is 2.16. The van der Waals surface area contributed by atoms with Crippen LogP contribution in [-0.2, 0) is 9.59 Å². The molecule has 0 saturated carbocycles. The molecule has 2 aliphatic rings. The number of rotatable bonds is 0. The van der Waals surface area contributed by atoms with Crippen molar-refractivity contribution in [2.24, 2.45) is 0 Å². The van der Waals surface area contributed by atoms with Crippen LogP contribution in [0.15, 0.2) is 60.7 Å². The Labute approximate surface area is 115 Å². The second kappa shape index (κ2) is 5.84. The molecular weight excluding hydrogens is 256 g/mol. The summed E-state index contributed by atoms with van der Waals surface area (Å²) in [5.41, 5.74) is 1.01. The summed E-state index contributed by atoms with van der Waals surface area (Å²) in [7, 11) is 0. The van der Waals surface area contributed by atoms with Gasteiger partial charge in [-0.05, 0) is 24.3 Å². The molecule has 20 heavy (non-hydrogen) atoms. The van der Waals surface area contributed by atoms with Crippen molar-refractivity contribution in [3.63, 3.8) is 0 Å². The molecule has 3 rings (SSSR count). The van der Waals surface area contributed by atoms with Gasteiger partial charge in [0, 0.05) is 11.1 Å². The van der Waals surface area contributed by atoms with E-state index in [2.05, 4.69) is 0 Å². The lowest BCUT2D eigenvalue weighted by atomic mass is 9.95. The van der Waals surface area contributed by atoms with E-state index in [9.17, 15) is 19.2 Å². The summed E-state index contributed by atoms with van der Waals surface area (Å²) in [6.45, 7) is 0. The van der Waals surface area contributed by atoms with Gasteiger partial charge >= 0.3 is 0 Å². The first-order chi connectivity index (χ1) is 9.59. The molecule has 0 N–H and O–H groups in total. The first-order valence-corrected chi connectivity index (χ1v) is 5.88. The van der Waals surface area contributed by atoms with Gasteiger partial charge in [0.1, 0.15) is 0 Å². The molecule has 0 radical (unpaired) electrons. The zero-order chi connectivity index (χ0) is 14.5. The van der Waals surface area contributed by atoms with Gasteiger partial charge in [-0.25, -0.2) is 0 Å². The number of benzene rings is 1. The van der Waals surface area contributed by atoms with Crippen LogP contribution in [0, 0.1) is 0 Å². The molecule has 0 unspecified atom stereocenters. The number of carbonyl (C=O) groups excluding carboxylic acids is 4. The summed E-state index contributed by atoms with van der Waals surface area (Å²) in [4.78, 5) is 43.0. The highest BCUT2D eigenvalue weighted by Crippen LogP contribution is 2.15. The van der Waals surface area contributed by atoms with Crippen molar-refractivity contribution < 1.29 is 19.2 Å². The predicted octanol–water partition coefficient (Wildman–Crippen LogP) is 1.87. The van der Waals surface area contributed by atoms with Crippen molar-refractivity contribution >= 4 is 23.1 Å². The fourth-order valence-electron chi connectivity index (χ4n) is 1.69. The van der Waals surface area contributed by atoms with Crippen LogP contribution in [0.4, 0.5) is 0 Å². The minimum atomic E-state index is -0.437. The molecule has 0 fully saturated rings. The largest absolute Gasteiger partial charge is 0.289 e. The molecule has 0 atom stereocenters. The Hall–Kier alpha value is -2.88. The SMILES string of the molecule is O=C1C=CC(=O)c2ccccc21.O=C1C=CC=CC1=O. The molecule has 0 aliphatic heterocycles. The Morgan fingerprint density at radius 1 is 0.500 bits per heavy atom. The van der Waals surface area contributed by atoms with Crippen LogP contribution in [-0.4, -0.2) is 23.1 Å². The maximum atomic E-state index is 11.2. The number of fused-ring (bicyclic) bond motifs is 1. The van der Waals surface area contributed by atoms with Crippen molar-refractivity contribution in [1.29, 1.82) is 0 Å². The van der Waals surface area contributed by atoms with Gasteiger partial charge in [-0.2, -0.15) is 0 Å². The molecule has 4 heteroatoms. The Morgan fingerprint density at radius 3 is 1.25 bits per heavy atom. The van der Waals surface area contributed by atoms with Gasteiger partial charge in [0.2, 0.25) is 11.6 Å². The third-order valence-corrected chi connectivity index (χ3v) is 2.69. The highest BCUT2D eigenvalue weighted by atomic mass is 16.2. The number of hydrogen-bond donors (Lipinski definition) is 0. The van der Waals surface area contributed by atoms with E-state index in [0.717, 1.165) is 0 Å². The van der Waals surface area contributed by atoms with Crippen LogP contribution in [0.5, 0.6) is 0 Å². The summed E-state index contributed by atoms with van der Waals surface area (Å²) in [6.07, 6.45) is 8.22. The minimum Gasteiger partial charge on any atom is -0.289 e. The van der Waals surface area contributed by atoms with Crippen molar-refractivity contribution in [3.8, 4) is 0 Å². The van der Waals surface area contributed by atoms with Crippen LogP contribution in [0.1, 0.15) is 20.7 Å². The van der Waals surface area contributed by atoms with Crippen LogP contribution >= 0.6 is 0 Å². The summed E-state index contributed by atoms with van der Waals surface area (Å²) in [5.74, 6) is -1.06. The van der Waals surface area contributed by atoms with E-state index < -0.39 is 11.6 Å². The average molecular weight is 266 g/mol. The lowest BCUT2D eigenvalue weighted by Crippen LogP contribution is -2.10. The first-order valence-electron chi connectivity index (χ1n) is 5.88. The third kappa shape index (κ3) is 2.92. The van der Waals surface area contributed by atoms with Crippen LogP contribution in [0.3, 0.4) is 0 Å². The van der Waals surface area contributed by atoms with Crippen molar-refractivity contribution in [2.45, 2.75) is 0 Å². The molecule has 0 saturated heterocycles. The fourth-order valence-corrected chi connectivity index (χ4v) is 1.69. The van der Waals surface area contributed by atoms with Gasteiger partial charge in [-0.3, -0.25) is 19.2 Å². The van der Waals surface area contributed by atoms with Crippen LogP contribution < -0.4 is 0 Å². The van der Waals surface area contributed by atoms with E-state index in [1.54, 1.807) is 36.4 Å². The Balaban J connectivity index is 0.000000160.